The van der Waals surface area contributed by atoms with Gasteiger partial charge in [0.2, 0.25) is 11.7 Å². The zero-order valence-corrected chi connectivity index (χ0v) is 19.6. The van der Waals surface area contributed by atoms with Gasteiger partial charge in [-0.1, -0.05) is 27.2 Å². The second-order valence-electron chi connectivity index (χ2n) is 8.40. The van der Waals surface area contributed by atoms with Crippen molar-refractivity contribution >= 4 is 5.78 Å². The summed E-state index contributed by atoms with van der Waals surface area (Å²) in [5, 5.41) is 0. The smallest absolute Gasteiger partial charge is 0.305 e. The van der Waals surface area contributed by atoms with Gasteiger partial charge in [-0.3, -0.25) is 4.79 Å². The van der Waals surface area contributed by atoms with E-state index in [0.29, 0.717) is 12.8 Å². The van der Waals surface area contributed by atoms with Gasteiger partial charge in [-0.2, -0.15) is 17.6 Å². The fourth-order valence-corrected chi connectivity index (χ4v) is 3.24. The van der Waals surface area contributed by atoms with E-state index in [1.807, 2.05) is 13.8 Å². The average molecular weight is 480 g/mol. The highest BCUT2D eigenvalue weighted by Gasteiger charge is 2.35. The van der Waals surface area contributed by atoms with Crippen LogP contribution in [0.3, 0.4) is 0 Å². The molecule has 0 heterocycles. The Morgan fingerprint density at radius 3 is 1.79 bits per heavy atom. The molecule has 1 rings (SSSR count). The molecule has 0 radical (unpaired) electrons. The van der Waals surface area contributed by atoms with E-state index in [2.05, 4.69) is 0 Å². The zero-order valence-electron chi connectivity index (χ0n) is 19.6. The summed E-state index contributed by atoms with van der Waals surface area (Å²) < 4.78 is 90.5. The van der Waals surface area contributed by atoms with E-state index >= 15 is 0 Å². The maximum absolute atomic E-state index is 14.1. The molecule has 3 nitrogen and oxygen atoms in total. The minimum absolute atomic E-state index is 0.0484. The number of ether oxygens (including phenoxy) is 2. The molecule has 9 heteroatoms. The van der Waals surface area contributed by atoms with Gasteiger partial charge in [0, 0.05) is 17.5 Å². The molecule has 0 aliphatic rings. The fourth-order valence-electron chi connectivity index (χ4n) is 3.24. The number of Topliss-reactive ketones (excluding diaryl/α,β-unsaturated/α-hetero) is 1. The monoisotopic (exact) mass is 480 g/mol. The Labute approximate surface area is 190 Å². The lowest BCUT2D eigenvalue weighted by Gasteiger charge is -2.29. The molecule has 0 aliphatic carbocycles. The summed E-state index contributed by atoms with van der Waals surface area (Å²) in [5.41, 5.74) is -4.11. The second kappa shape index (κ2) is 11.6. The van der Waals surface area contributed by atoms with Crippen LogP contribution in [0.25, 0.3) is 0 Å². The van der Waals surface area contributed by atoms with Crippen LogP contribution >= 0.6 is 0 Å². The highest BCUT2D eigenvalue weighted by atomic mass is 19.3. The number of halogens is 6. The van der Waals surface area contributed by atoms with Crippen molar-refractivity contribution in [3.05, 3.63) is 47.6 Å². The molecular weight excluding hydrogens is 450 g/mol. The van der Waals surface area contributed by atoms with Crippen LogP contribution in [0, 0.1) is 5.92 Å². The van der Waals surface area contributed by atoms with Crippen molar-refractivity contribution in [1.29, 1.82) is 0 Å². The Morgan fingerprint density at radius 1 is 0.848 bits per heavy atom. The normalized spacial score (nSPS) is 14.2. The number of hydrogen-bond acceptors (Lipinski definition) is 3. The molecule has 0 aliphatic heterocycles. The third-order valence-electron chi connectivity index (χ3n) is 5.38. The Morgan fingerprint density at radius 2 is 1.36 bits per heavy atom. The maximum atomic E-state index is 14.1. The van der Waals surface area contributed by atoms with Crippen LogP contribution in [0.5, 0.6) is 11.5 Å². The van der Waals surface area contributed by atoms with Crippen LogP contribution in [0.15, 0.2) is 42.0 Å². The van der Waals surface area contributed by atoms with Gasteiger partial charge in [-0.05, 0) is 52.2 Å². The first-order chi connectivity index (χ1) is 15.2. The number of hydrogen-bond donors (Lipinski definition) is 0. The molecule has 0 bridgehead atoms. The average Bonchev–Trinajstić information content (AvgIpc) is 2.74. The SMILES string of the molecule is CCCC(CC)C(=O)c1cc(OC(C)(C)C(F)=C(F)F)cc(OC(C)(CC)C(F)=C(F)F)c1. The third-order valence-corrected chi connectivity index (χ3v) is 5.38. The van der Waals surface area contributed by atoms with Gasteiger partial charge >= 0.3 is 12.2 Å². The fraction of sp³-hybridized carbons (Fsp3) is 0.542. The molecular formula is C24H30F6O3. The van der Waals surface area contributed by atoms with E-state index in [-0.39, 0.29) is 35.2 Å². The molecule has 0 saturated carbocycles. The topological polar surface area (TPSA) is 35.5 Å². The lowest BCUT2D eigenvalue weighted by molar-refractivity contribution is 0.0830. The van der Waals surface area contributed by atoms with Gasteiger partial charge in [0.25, 0.3) is 0 Å². The van der Waals surface area contributed by atoms with Gasteiger partial charge in [-0.15, -0.1) is 0 Å². The standard InChI is InChI=1S/C24H30F6O3/c1-7-10-14(8-2)18(31)15-11-16(32-23(4,5)19(25)21(27)28)13-17(12-15)33-24(6,9-3)20(26)22(29)30/h11-14H,7-10H2,1-6H3. The summed E-state index contributed by atoms with van der Waals surface area (Å²) in [6.07, 6.45) is -3.49. The van der Waals surface area contributed by atoms with Crippen molar-refractivity contribution in [2.45, 2.75) is 78.4 Å². The van der Waals surface area contributed by atoms with E-state index in [1.54, 1.807) is 0 Å². The van der Waals surface area contributed by atoms with Crippen LogP contribution in [0.1, 0.15) is 77.6 Å². The Hall–Kier alpha value is -2.45. The minimum Gasteiger partial charge on any atom is -0.480 e. The number of benzene rings is 1. The molecule has 0 aromatic heterocycles. The summed E-state index contributed by atoms with van der Waals surface area (Å²) >= 11 is 0. The van der Waals surface area contributed by atoms with Gasteiger partial charge in [0.15, 0.2) is 17.0 Å². The quantitative estimate of drug-likeness (QED) is 0.222. The Kier molecular flexibility index (Phi) is 10.1. The number of carbonyl (C=O) groups is 1. The minimum atomic E-state index is -2.57. The van der Waals surface area contributed by atoms with Gasteiger partial charge < -0.3 is 9.47 Å². The van der Waals surface area contributed by atoms with Crippen LogP contribution in [-0.2, 0) is 0 Å². The highest BCUT2D eigenvalue weighted by Crippen LogP contribution is 2.37. The summed E-state index contributed by atoms with van der Waals surface area (Å²) in [5.74, 6) is -4.70. The van der Waals surface area contributed by atoms with E-state index in [1.165, 1.54) is 19.1 Å². The molecule has 1 aromatic rings. The Balaban J connectivity index is 3.59. The van der Waals surface area contributed by atoms with Gasteiger partial charge in [0.05, 0.1) is 0 Å². The first-order valence-electron chi connectivity index (χ1n) is 10.7. The molecule has 2 atom stereocenters. The number of carbonyl (C=O) groups excluding carboxylic acids is 1. The molecule has 1 aromatic carbocycles. The van der Waals surface area contributed by atoms with Crippen LogP contribution in [0.4, 0.5) is 26.3 Å². The first kappa shape index (κ1) is 28.6. The first-order valence-corrected chi connectivity index (χ1v) is 10.7. The van der Waals surface area contributed by atoms with Gasteiger partial charge in [-0.25, -0.2) is 8.78 Å². The molecule has 2 unspecified atom stereocenters. The van der Waals surface area contributed by atoms with E-state index in [9.17, 15) is 31.1 Å². The largest absolute Gasteiger partial charge is 0.480 e. The second-order valence-corrected chi connectivity index (χ2v) is 8.40. The molecule has 0 spiro atoms. The molecule has 186 valence electrons. The predicted molar refractivity (Wildman–Crippen MR) is 114 cm³/mol. The third kappa shape index (κ3) is 7.27. The van der Waals surface area contributed by atoms with Crippen LogP contribution < -0.4 is 9.47 Å². The van der Waals surface area contributed by atoms with Crippen molar-refractivity contribution in [1.82, 2.24) is 0 Å². The molecule has 0 saturated heterocycles. The van der Waals surface area contributed by atoms with Crippen molar-refractivity contribution < 1.29 is 40.6 Å². The number of ketones is 1. The van der Waals surface area contributed by atoms with E-state index in [4.69, 9.17) is 9.47 Å². The van der Waals surface area contributed by atoms with Crippen LogP contribution in [0.2, 0.25) is 0 Å². The van der Waals surface area contributed by atoms with E-state index < -0.39 is 35.0 Å². The molecule has 33 heavy (non-hydrogen) atoms. The summed E-state index contributed by atoms with van der Waals surface area (Å²) in [7, 11) is 0. The summed E-state index contributed by atoms with van der Waals surface area (Å²) in [6.45, 7) is 8.37. The molecule has 0 amide bonds. The van der Waals surface area contributed by atoms with Crippen molar-refractivity contribution in [2.75, 3.05) is 0 Å². The zero-order chi connectivity index (χ0) is 25.6. The highest BCUT2D eigenvalue weighted by molar-refractivity contribution is 5.98. The van der Waals surface area contributed by atoms with Crippen molar-refractivity contribution in [3.63, 3.8) is 0 Å². The lowest BCUT2D eigenvalue weighted by atomic mass is 9.91. The van der Waals surface area contributed by atoms with Crippen molar-refractivity contribution in [3.8, 4) is 11.5 Å². The molecule has 0 fully saturated rings. The van der Waals surface area contributed by atoms with Gasteiger partial charge in [0.1, 0.15) is 11.5 Å². The lowest BCUT2D eigenvalue weighted by Crippen LogP contribution is -2.33. The molecule has 0 N–H and O–H groups in total. The van der Waals surface area contributed by atoms with Crippen LogP contribution in [-0.4, -0.2) is 17.0 Å². The summed E-state index contributed by atoms with van der Waals surface area (Å²) in [6, 6.07) is 3.60. The maximum Gasteiger partial charge on any atom is 0.305 e. The van der Waals surface area contributed by atoms with E-state index in [0.717, 1.165) is 33.3 Å². The predicted octanol–water partition coefficient (Wildman–Crippen LogP) is 8.56. The van der Waals surface area contributed by atoms with Crippen molar-refractivity contribution in [2.24, 2.45) is 5.92 Å². The number of rotatable bonds is 12. The summed E-state index contributed by atoms with van der Waals surface area (Å²) in [4.78, 5) is 13.0. The Bertz CT molecular complexity index is 901.